The van der Waals surface area contributed by atoms with Gasteiger partial charge in [0.05, 0.1) is 5.97 Å². The number of hydrogen-bond donors (Lipinski definition) is 1. The van der Waals surface area contributed by atoms with Gasteiger partial charge in [-0.05, 0) is 17.7 Å². The SMILES string of the molecule is O=C([O-])C1=C(CBr)NC(c2nc(C(F)(F)F)cs2)=NC1c1ccc(Cl)cc1Cl. The maximum Gasteiger partial charge on any atom is 0.434 e. The zero-order valence-electron chi connectivity index (χ0n) is 13.5. The number of carbonyl (C=O) groups excluding carboxylic acids is 1. The molecule has 148 valence electrons. The number of allylic oxidation sites excluding steroid dienone is 1. The van der Waals surface area contributed by atoms with Crippen molar-refractivity contribution in [3.63, 3.8) is 0 Å². The molecule has 0 spiro atoms. The first-order chi connectivity index (χ1) is 13.1. The van der Waals surface area contributed by atoms with E-state index in [1.807, 2.05) is 0 Å². The first kappa shape index (κ1) is 21.1. The topological polar surface area (TPSA) is 77.4 Å². The molecule has 0 amide bonds. The molecule has 0 bridgehead atoms. The largest absolute Gasteiger partial charge is 0.545 e. The molecule has 2 heterocycles. The van der Waals surface area contributed by atoms with Gasteiger partial charge in [0.25, 0.3) is 0 Å². The van der Waals surface area contributed by atoms with E-state index in [2.05, 4.69) is 31.2 Å². The first-order valence-electron chi connectivity index (χ1n) is 7.45. The molecule has 28 heavy (non-hydrogen) atoms. The lowest BCUT2D eigenvalue weighted by Gasteiger charge is -2.28. The zero-order valence-corrected chi connectivity index (χ0v) is 17.4. The van der Waals surface area contributed by atoms with Crippen LogP contribution in [0.15, 0.2) is 39.8 Å². The third-order valence-electron chi connectivity index (χ3n) is 3.73. The molecule has 1 atom stereocenters. The highest BCUT2D eigenvalue weighted by molar-refractivity contribution is 9.09. The summed E-state index contributed by atoms with van der Waals surface area (Å²) in [4.78, 5) is 19.6. The number of carbonyl (C=O) groups is 1. The number of alkyl halides is 4. The number of nitrogens with one attached hydrogen (secondary N) is 1. The number of hydrogen-bond acceptors (Lipinski definition) is 6. The maximum absolute atomic E-state index is 12.9. The number of rotatable bonds is 4. The Morgan fingerprint density at radius 3 is 2.61 bits per heavy atom. The van der Waals surface area contributed by atoms with E-state index < -0.39 is 23.9 Å². The minimum absolute atomic E-state index is 0.00373. The molecule has 2 aromatic rings. The van der Waals surface area contributed by atoms with Gasteiger partial charge in [0.15, 0.2) is 16.5 Å². The van der Waals surface area contributed by atoms with Crippen LogP contribution in [0.25, 0.3) is 0 Å². The van der Waals surface area contributed by atoms with Crippen molar-refractivity contribution >= 4 is 62.3 Å². The highest BCUT2D eigenvalue weighted by Gasteiger charge is 2.35. The number of halogens is 6. The second-order valence-electron chi connectivity index (χ2n) is 5.52. The van der Waals surface area contributed by atoms with Crippen molar-refractivity contribution in [2.75, 3.05) is 5.33 Å². The van der Waals surface area contributed by atoms with Gasteiger partial charge >= 0.3 is 6.18 Å². The van der Waals surface area contributed by atoms with Crippen molar-refractivity contribution in [2.45, 2.75) is 12.2 Å². The molecule has 12 heteroatoms. The number of thiazole rings is 1. The standard InChI is InChI=1S/C16H9BrCl2F3N3O2S/c17-4-9-11(15(26)27)12(7-2-1-6(18)3-8(7)19)25-13(23-9)14-24-10(5-28-14)16(20,21)22/h1-3,5,12H,4H2,(H,23,25)(H,26,27)/p-1. The third-order valence-corrected chi connectivity index (χ3v) is 5.71. The van der Waals surface area contributed by atoms with Crippen molar-refractivity contribution in [1.29, 1.82) is 0 Å². The molecule has 0 aliphatic carbocycles. The first-order valence-corrected chi connectivity index (χ1v) is 10.2. The van der Waals surface area contributed by atoms with Crippen LogP contribution in [0.3, 0.4) is 0 Å². The summed E-state index contributed by atoms with van der Waals surface area (Å²) in [6.07, 6.45) is -4.60. The van der Waals surface area contributed by atoms with E-state index in [9.17, 15) is 23.1 Å². The van der Waals surface area contributed by atoms with Crippen LogP contribution in [0, 0.1) is 0 Å². The van der Waals surface area contributed by atoms with Crippen LogP contribution in [0.5, 0.6) is 0 Å². The summed E-state index contributed by atoms with van der Waals surface area (Å²) in [5, 5.41) is 15.8. The maximum atomic E-state index is 12.9. The predicted molar refractivity (Wildman–Crippen MR) is 102 cm³/mol. The second kappa shape index (κ2) is 8.02. The average molecular weight is 514 g/mol. The van der Waals surface area contributed by atoms with Gasteiger partial charge in [-0.1, -0.05) is 45.2 Å². The highest BCUT2D eigenvalue weighted by Crippen LogP contribution is 2.37. The number of carboxylic acid groups (broad SMARTS) is 1. The molecule has 1 aliphatic heterocycles. The number of amidine groups is 1. The quantitative estimate of drug-likeness (QED) is 0.628. The molecule has 0 radical (unpaired) electrons. The van der Waals surface area contributed by atoms with Gasteiger partial charge in [-0.2, -0.15) is 13.2 Å². The lowest BCUT2D eigenvalue weighted by atomic mass is 9.96. The van der Waals surface area contributed by atoms with Crippen molar-refractivity contribution in [3.05, 3.63) is 61.2 Å². The summed E-state index contributed by atoms with van der Waals surface area (Å²) in [7, 11) is 0. The lowest BCUT2D eigenvalue weighted by molar-refractivity contribution is -0.299. The van der Waals surface area contributed by atoms with E-state index in [1.54, 1.807) is 0 Å². The van der Waals surface area contributed by atoms with E-state index in [0.717, 1.165) is 16.7 Å². The number of benzene rings is 1. The Hall–Kier alpha value is -1.62. The predicted octanol–water partition coefficient (Wildman–Crippen LogP) is 3.96. The van der Waals surface area contributed by atoms with Gasteiger partial charge in [-0.25, -0.2) is 4.98 Å². The Morgan fingerprint density at radius 1 is 1.36 bits per heavy atom. The van der Waals surface area contributed by atoms with Gasteiger partial charge in [0, 0.05) is 32.0 Å². The molecule has 1 aromatic heterocycles. The summed E-state index contributed by atoms with van der Waals surface area (Å²) >= 11 is 16.0. The van der Waals surface area contributed by atoms with E-state index in [1.165, 1.54) is 18.2 Å². The number of carboxylic acids is 1. The number of aliphatic imine (C=N–C) groups is 1. The lowest BCUT2D eigenvalue weighted by Crippen LogP contribution is -2.38. The Balaban J connectivity index is 2.13. The van der Waals surface area contributed by atoms with E-state index in [-0.39, 0.29) is 32.5 Å². The van der Waals surface area contributed by atoms with Crippen LogP contribution < -0.4 is 10.4 Å². The second-order valence-corrected chi connectivity index (χ2v) is 7.78. The Labute approximate surface area is 179 Å². The zero-order chi connectivity index (χ0) is 20.6. The summed E-state index contributed by atoms with van der Waals surface area (Å²) in [6, 6.07) is 3.31. The smallest absolute Gasteiger partial charge is 0.434 e. The molecule has 1 aromatic carbocycles. The Bertz CT molecular complexity index is 1010. The molecule has 5 nitrogen and oxygen atoms in total. The number of aliphatic carboxylic acids is 1. The highest BCUT2D eigenvalue weighted by atomic mass is 79.9. The summed E-state index contributed by atoms with van der Waals surface area (Å²) in [6.45, 7) is 0. The van der Waals surface area contributed by atoms with Crippen LogP contribution in [0.1, 0.15) is 22.3 Å². The summed E-state index contributed by atoms with van der Waals surface area (Å²) in [5.41, 5.74) is -0.773. The minimum Gasteiger partial charge on any atom is -0.545 e. The van der Waals surface area contributed by atoms with Crippen molar-refractivity contribution in [2.24, 2.45) is 4.99 Å². The molecular formula is C16H8BrCl2F3N3O2S-. The van der Waals surface area contributed by atoms with Gasteiger partial charge in [-0.3, -0.25) is 4.99 Å². The molecule has 1 unspecified atom stereocenters. The molecule has 1 aliphatic rings. The van der Waals surface area contributed by atoms with Crippen LogP contribution >= 0.6 is 50.5 Å². The van der Waals surface area contributed by atoms with E-state index in [0.29, 0.717) is 10.6 Å². The fourth-order valence-electron chi connectivity index (χ4n) is 2.51. The Kier molecular flexibility index (Phi) is 6.04. The van der Waals surface area contributed by atoms with Gasteiger partial charge in [0.1, 0.15) is 6.04 Å². The molecule has 0 saturated heterocycles. The van der Waals surface area contributed by atoms with Gasteiger partial charge < -0.3 is 15.2 Å². The van der Waals surface area contributed by atoms with Gasteiger partial charge in [-0.15, -0.1) is 11.3 Å². The van der Waals surface area contributed by atoms with E-state index >= 15 is 0 Å². The average Bonchev–Trinajstić information content (AvgIpc) is 3.11. The fourth-order valence-corrected chi connectivity index (χ4v) is 4.24. The molecule has 3 rings (SSSR count). The third kappa shape index (κ3) is 4.19. The monoisotopic (exact) mass is 512 g/mol. The van der Waals surface area contributed by atoms with E-state index in [4.69, 9.17) is 23.2 Å². The van der Waals surface area contributed by atoms with Gasteiger partial charge in [0.2, 0.25) is 0 Å². The normalized spacial score (nSPS) is 17.4. The fraction of sp³-hybridized carbons (Fsp3) is 0.188. The molecule has 0 saturated carbocycles. The summed E-state index contributed by atoms with van der Waals surface area (Å²) < 4.78 is 38.6. The number of nitrogens with zero attached hydrogens (tertiary/aromatic N) is 2. The van der Waals surface area contributed by atoms with Crippen LogP contribution in [0.4, 0.5) is 13.2 Å². The summed E-state index contributed by atoms with van der Waals surface area (Å²) in [5.74, 6) is -1.49. The molecule has 1 N–H and O–H groups in total. The van der Waals surface area contributed by atoms with Crippen molar-refractivity contribution in [1.82, 2.24) is 10.3 Å². The molecular weight excluding hydrogens is 506 g/mol. The molecule has 0 fully saturated rings. The number of aromatic nitrogens is 1. The van der Waals surface area contributed by atoms with Crippen LogP contribution in [-0.2, 0) is 11.0 Å². The Morgan fingerprint density at radius 2 is 2.07 bits per heavy atom. The minimum atomic E-state index is -4.60. The van der Waals surface area contributed by atoms with Crippen LogP contribution in [-0.4, -0.2) is 22.1 Å². The van der Waals surface area contributed by atoms with Crippen molar-refractivity contribution < 1.29 is 23.1 Å². The van der Waals surface area contributed by atoms with Crippen molar-refractivity contribution in [3.8, 4) is 0 Å². The van der Waals surface area contributed by atoms with Crippen LogP contribution in [0.2, 0.25) is 10.0 Å².